The molecule has 2 heterocycles. The van der Waals surface area contributed by atoms with E-state index >= 15 is 0 Å². The lowest BCUT2D eigenvalue weighted by Crippen LogP contribution is -2.40. The Morgan fingerprint density at radius 1 is 1.53 bits per heavy atom. The molecule has 0 bridgehead atoms. The van der Waals surface area contributed by atoms with Gasteiger partial charge in [0.25, 0.3) is 0 Å². The molecule has 1 aromatic rings. The quantitative estimate of drug-likeness (QED) is 0.892. The molecule has 0 spiro atoms. The summed E-state index contributed by atoms with van der Waals surface area (Å²) in [5, 5.41) is 15.9. The number of hydrogen-bond donors (Lipinski definition) is 2. The summed E-state index contributed by atoms with van der Waals surface area (Å²) in [6.07, 6.45) is 0. The van der Waals surface area contributed by atoms with Gasteiger partial charge in [-0.1, -0.05) is 6.92 Å². The lowest BCUT2D eigenvalue weighted by atomic mass is 9.99. The van der Waals surface area contributed by atoms with E-state index in [4.69, 9.17) is 5.11 Å². The summed E-state index contributed by atoms with van der Waals surface area (Å²) < 4.78 is 0. The van der Waals surface area contributed by atoms with E-state index in [1.54, 1.807) is 16.2 Å². The maximum Gasteiger partial charge on any atom is 0.317 e. The topological polar surface area (TPSA) is 69.6 Å². The van der Waals surface area contributed by atoms with Gasteiger partial charge in [0.1, 0.15) is 0 Å². The summed E-state index contributed by atoms with van der Waals surface area (Å²) >= 11 is 1.59. The Hall–Kier alpha value is -1.56. The summed E-state index contributed by atoms with van der Waals surface area (Å²) in [6, 6.07) is 1.73. The minimum absolute atomic E-state index is 0.000274. The first-order valence-corrected chi connectivity index (χ1v) is 7.23. The molecular formula is C13H18N2O3S. The number of hydrogen-bond acceptors (Lipinski definition) is 3. The normalized spacial score (nSPS) is 24.2. The maximum absolute atomic E-state index is 12.1. The van der Waals surface area contributed by atoms with Crippen LogP contribution in [0.3, 0.4) is 0 Å². The monoisotopic (exact) mass is 282 g/mol. The average Bonchev–Trinajstić information content (AvgIpc) is 2.96. The molecule has 0 aromatic carbocycles. The van der Waals surface area contributed by atoms with Crippen LogP contribution in [0.5, 0.6) is 0 Å². The van der Waals surface area contributed by atoms with Crippen molar-refractivity contribution < 1.29 is 14.7 Å². The molecule has 0 aliphatic carbocycles. The number of thiophene rings is 1. The van der Waals surface area contributed by atoms with Crippen LogP contribution in [0.4, 0.5) is 4.79 Å². The van der Waals surface area contributed by atoms with Crippen molar-refractivity contribution in [3.63, 3.8) is 0 Å². The summed E-state index contributed by atoms with van der Waals surface area (Å²) in [5.41, 5.74) is 1.07. The molecule has 0 radical (unpaired) electrons. The van der Waals surface area contributed by atoms with Crippen LogP contribution in [0, 0.1) is 11.8 Å². The van der Waals surface area contributed by atoms with Crippen molar-refractivity contribution in [1.82, 2.24) is 10.2 Å². The van der Waals surface area contributed by atoms with Crippen LogP contribution < -0.4 is 5.32 Å². The summed E-state index contributed by atoms with van der Waals surface area (Å²) in [4.78, 5) is 24.7. The van der Waals surface area contributed by atoms with Crippen molar-refractivity contribution in [2.75, 3.05) is 13.1 Å². The fraction of sp³-hybridized carbons (Fsp3) is 0.538. The molecule has 2 amide bonds. The molecule has 1 aromatic heterocycles. The van der Waals surface area contributed by atoms with Crippen LogP contribution >= 0.6 is 11.3 Å². The number of carbonyl (C=O) groups is 2. The van der Waals surface area contributed by atoms with Crippen LogP contribution in [-0.2, 0) is 4.79 Å². The second-order valence-electron chi connectivity index (χ2n) is 5.05. The minimum atomic E-state index is -0.825. The van der Waals surface area contributed by atoms with Crippen LogP contribution in [-0.4, -0.2) is 35.1 Å². The van der Waals surface area contributed by atoms with E-state index in [0.29, 0.717) is 13.1 Å². The molecule has 5 nitrogen and oxygen atoms in total. The van der Waals surface area contributed by atoms with Crippen molar-refractivity contribution in [3.05, 3.63) is 22.4 Å². The molecule has 1 aliphatic heterocycles. The Balaban J connectivity index is 1.93. The predicted molar refractivity (Wildman–Crippen MR) is 73.1 cm³/mol. The molecule has 104 valence electrons. The zero-order valence-electron chi connectivity index (χ0n) is 11.0. The Labute approximate surface area is 116 Å². The van der Waals surface area contributed by atoms with Gasteiger partial charge in [0.15, 0.2) is 0 Å². The SMILES string of the molecule is CC(NC(=O)N1CC(C)C(C(=O)O)C1)c1ccsc1. The molecular weight excluding hydrogens is 264 g/mol. The van der Waals surface area contributed by atoms with Gasteiger partial charge in [0.05, 0.1) is 12.0 Å². The molecule has 6 heteroatoms. The number of aliphatic carboxylic acids is 1. The Kier molecular flexibility index (Phi) is 4.09. The summed E-state index contributed by atoms with van der Waals surface area (Å²) in [5.74, 6) is -1.28. The van der Waals surface area contributed by atoms with E-state index in [9.17, 15) is 9.59 Å². The van der Waals surface area contributed by atoms with Gasteiger partial charge >= 0.3 is 12.0 Å². The first kappa shape index (κ1) is 13.9. The summed E-state index contributed by atoms with van der Waals surface area (Å²) in [7, 11) is 0. The van der Waals surface area contributed by atoms with Crippen LogP contribution in [0.2, 0.25) is 0 Å². The van der Waals surface area contributed by atoms with Gasteiger partial charge < -0.3 is 15.3 Å². The summed E-state index contributed by atoms with van der Waals surface area (Å²) in [6.45, 7) is 4.58. The zero-order chi connectivity index (χ0) is 14.0. The number of amides is 2. The third-order valence-electron chi connectivity index (χ3n) is 3.60. The molecule has 2 rings (SSSR count). The van der Waals surface area contributed by atoms with Crippen molar-refractivity contribution in [1.29, 1.82) is 0 Å². The Morgan fingerprint density at radius 3 is 2.79 bits per heavy atom. The molecule has 1 saturated heterocycles. The fourth-order valence-corrected chi connectivity index (χ4v) is 3.09. The molecule has 3 atom stereocenters. The number of nitrogens with one attached hydrogen (secondary N) is 1. The molecule has 1 fully saturated rings. The standard InChI is InChI=1S/C13H18N2O3S/c1-8-5-15(6-11(8)12(16)17)13(18)14-9(2)10-3-4-19-7-10/h3-4,7-9,11H,5-6H2,1-2H3,(H,14,18)(H,16,17). The molecule has 19 heavy (non-hydrogen) atoms. The number of carboxylic acid groups (broad SMARTS) is 1. The number of carboxylic acids is 1. The minimum Gasteiger partial charge on any atom is -0.481 e. The molecule has 2 N–H and O–H groups in total. The highest BCUT2D eigenvalue weighted by atomic mass is 32.1. The predicted octanol–water partition coefficient (Wildman–Crippen LogP) is 2.17. The first-order chi connectivity index (χ1) is 8.99. The largest absolute Gasteiger partial charge is 0.481 e. The van der Waals surface area contributed by atoms with Crippen molar-refractivity contribution in [2.24, 2.45) is 11.8 Å². The smallest absolute Gasteiger partial charge is 0.317 e. The zero-order valence-corrected chi connectivity index (χ0v) is 11.8. The van der Waals surface area contributed by atoms with Crippen molar-refractivity contribution in [2.45, 2.75) is 19.9 Å². The van der Waals surface area contributed by atoms with Crippen molar-refractivity contribution >= 4 is 23.3 Å². The molecule has 0 saturated carbocycles. The highest BCUT2D eigenvalue weighted by Crippen LogP contribution is 2.24. The van der Waals surface area contributed by atoms with Gasteiger partial charge in [-0.05, 0) is 35.2 Å². The van der Waals surface area contributed by atoms with Crippen LogP contribution in [0.25, 0.3) is 0 Å². The Bertz CT molecular complexity index is 460. The number of rotatable bonds is 3. The van der Waals surface area contributed by atoms with E-state index < -0.39 is 11.9 Å². The van der Waals surface area contributed by atoms with Gasteiger partial charge in [0, 0.05) is 13.1 Å². The van der Waals surface area contributed by atoms with Gasteiger partial charge in [-0.25, -0.2) is 4.79 Å². The fourth-order valence-electron chi connectivity index (χ4n) is 2.34. The highest BCUT2D eigenvalue weighted by Gasteiger charge is 2.37. The third-order valence-corrected chi connectivity index (χ3v) is 4.30. The number of nitrogens with zero attached hydrogens (tertiary/aromatic N) is 1. The van der Waals surface area contributed by atoms with Gasteiger partial charge in [-0.3, -0.25) is 4.79 Å². The lowest BCUT2D eigenvalue weighted by molar-refractivity contribution is -0.142. The average molecular weight is 282 g/mol. The van der Waals surface area contributed by atoms with Crippen LogP contribution in [0.15, 0.2) is 16.8 Å². The molecule has 3 unspecified atom stereocenters. The van der Waals surface area contributed by atoms with Gasteiger partial charge in [-0.2, -0.15) is 11.3 Å². The number of carbonyl (C=O) groups excluding carboxylic acids is 1. The Morgan fingerprint density at radius 2 is 2.26 bits per heavy atom. The molecule has 1 aliphatic rings. The van der Waals surface area contributed by atoms with E-state index in [-0.39, 0.29) is 18.0 Å². The van der Waals surface area contributed by atoms with Crippen LogP contribution in [0.1, 0.15) is 25.5 Å². The van der Waals surface area contributed by atoms with Gasteiger partial charge in [-0.15, -0.1) is 0 Å². The number of urea groups is 1. The maximum atomic E-state index is 12.1. The van der Waals surface area contributed by atoms with E-state index in [0.717, 1.165) is 5.56 Å². The number of likely N-dealkylation sites (tertiary alicyclic amines) is 1. The highest BCUT2D eigenvalue weighted by molar-refractivity contribution is 7.07. The van der Waals surface area contributed by atoms with E-state index in [1.807, 2.05) is 30.7 Å². The second-order valence-corrected chi connectivity index (χ2v) is 5.83. The lowest BCUT2D eigenvalue weighted by Gasteiger charge is -2.20. The second kappa shape index (κ2) is 5.61. The van der Waals surface area contributed by atoms with E-state index in [2.05, 4.69) is 5.32 Å². The van der Waals surface area contributed by atoms with E-state index in [1.165, 1.54) is 0 Å². The first-order valence-electron chi connectivity index (χ1n) is 6.29. The third kappa shape index (κ3) is 3.07. The van der Waals surface area contributed by atoms with Crippen molar-refractivity contribution in [3.8, 4) is 0 Å². The van der Waals surface area contributed by atoms with Gasteiger partial charge in [0.2, 0.25) is 0 Å².